The first-order chi connectivity index (χ1) is 7.57. The van der Waals surface area contributed by atoms with Crippen molar-refractivity contribution in [1.82, 2.24) is 10.2 Å². The van der Waals surface area contributed by atoms with Gasteiger partial charge in [0.1, 0.15) is 0 Å². The van der Waals surface area contributed by atoms with Crippen LogP contribution in [0, 0.1) is 24.2 Å². The Kier molecular flexibility index (Phi) is 3.28. The Morgan fingerprint density at radius 3 is 2.69 bits per heavy atom. The molecule has 2 rings (SSSR count). The first kappa shape index (κ1) is 12.0. The third-order valence-corrected chi connectivity index (χ3v) is 4.26. The molecule has 0 bridgehead atoms. The van der Waals surface area contributed by atoms with Crippen molar-refractivity contribution in [3.05, 3.63) is 0 Å². The number of nitrogens with one attached hydrogen (secondary N) is 1. The normalized spacial score (nSPS) is 36.3. The van der Waals surface area contributed by atoms with Gasteiger partial charge >= 0.3 is 0 Å². The Labute approximate surface area is 99.8 Å². The zero-order valence-corrected chi connectivity index (χ0v) is 10.8. The van der Waals surface area contributed by atoms with Crippen molar-refractivity contribution < 1.29 is 0 Å². The van der Waals surface area contributed by atoms with Crippen LogP contribution in [0.1, 0.15) is 33.6 Å². The minimum Gasteiger partial charge on any atom is -0.308 e. The highest BCUT2D eigenvalue weighted by Gasteiger charge is 2.46. The largest absolute Gasteiger partial charge is 0.308 e. The van der Waals surface area contributed by atoms with Crippen LogP contribution in [0.2, 0.25) is 0 Å². The number of hydrogen-bond donors (Lipinski definition) is 1. The quantitative estimate of drug-likeness (QED) is 0.729. The summed E-state index contributed by atoms with van der Waals surface area (Å²) in [6.45, 7) is 9.94. The fraction of sp³-hybridized carbons (Fsp3) is 0.857. The van der Waals surface area contributed by atoms with Crippen molar-refractivity contribution in [1.29, 1.82) is 0 Å². The Hall–Kier alpha value is -0.520. The molecule has 2 unspecified atom stereocenters. The van der Waals surface area contributed by atoms with Crippen LogP contribution >= 0.6 is 0 Å². The van der Waals surface area contributed by atoms with Crippen molar-refractivity contribution in [3.63, 3.8) is 0 Å². The Morgan fingerprint density at radius 2 is 2.19 bits per heavy atom. The summed E-state index contributed by atoms with van der Waals surface area (Å²) in [5, 5.41) is 3.77. The lowest BCUT2D eigenvalue weighted by Gasteiger charge is -2.47. The lowest BCUT2D eigenvalue weighted by molar-refractivity contribution is 0.0640. The molecule has 2 heteroatoms. The van der Waals surface area contributed by atoms with E-state index in [2.05, 4.69) is 36.9 Å². The maximum absolute atomic E-state index is 5.49. The number of piperazine rings is 1. The smallest absolute Gasteiger partial charge is 0.0602 e. The molecule has 1 saturated carbocycles. The highest BCUT2D eigenvalue weighted by Crippen LogP contribution is 2.41. The molecule has 0 aromatic carbocycles. The van der Waals surface area contributed by atoms with E-state index in [-0.39, 0.29) is 0 Å². The van der Waals surface area contributed by atoms with Crippen LogP contribution in [0.15, 0.2) is 0 Å². The van der Waals surface area contributed by atoms with Gasteiger partial charge in [-0.15, -0.1) is 6.42 Å². The number of terminal acetylenes is 1. The van der Waals surface area contributed by atoms with Gasteiger partial charge in [-0.1, -0.05) is 19.8 Å². The van der Waals surface area contributed by atoms with Gasteiger partial charge in [0.2, 0.25) is 0 Å². The number of rotatable bonds is 3. The Bertz CT molecular complexity index is 288. The summed E-state index contributed by atoms with van der Waals surface area (Å²) in [5.41, 5.74) is 0.308. The first-order valence-corrected chi connectivity index (χ1v) is 6.49. The molecule has 1 aliphatic carbocycles. The van der Waals surface area contributed by atoms with Crippen molar-refractivity contribution in [2.24, 2.45) is 11.8 Å². The van der Waals surface area contributed by atoms with E-state index in [1.54, 1.807) is 0 Å². The highest BCUT2D eigenvalue weighted by molar-refractivity contribution is 5.06. The molecule has 1 heterocycles. The zero-order chi connectivity index (χ0) is 11.8. The molecule has 90 valence electrons. The third kappa shape index (κ3) is 2.26. The highest BCUT2D eigenvalue weighted by atomic mass is 15.3. The molecule has 0 spiro atoms. The van der Waals surface area contributed by atoms with E-state index in [0.717, 1.165) is 25.6 Å². The number of hydrogen-bond acceptors (Lipinski definition) is 2. The third-order valence-electron chi connectivity index (χ3n) is 4.26. The number of nitrogens with zero attached hydrogens (tertiary/aromatic N) is 1. The molecule has 1 aliphatic heterocycles. The molecular weight excluding hydrogens is 196 g/mol. The minimum atomic E-state index is 0.308. The minimum absolute atomic E-state index is 0.308. The topological polar surface area (TPSA) is 15.3 Å². The summed E-state index contributed by atoms with van der Waals surface area (Å²) in [5.74, 6) is 4.36. The molecule has 2 atom stereocenters. The second-order valence-electron chi connectivity index (χ2n) is 5.99. The molecule has 0 aromatic rings. The maximum Gasteiger partial charge on any atom is 0.0602 e. The fourth-order valence-electron chi connectivity index (χ4n) is 3.00. The van der Waals surface area contributed by atoms with Crippen LogP contribution in [0.5, 0.6) is 0 Å². The molecule has 0 aromatic heterocycles. The van der Waals surface area contributed by atoms with E-state index in [9.17, 15) is 0 Å². The molecule has 2 fully saturated rings. The van der Waals surface area contributed by atoms with Gasteiger partial charge in [0.15, 0.2) is 0 Å². The molecule has 2 aliphatic rings. The second-order valence-corrected chi connectivity index (χ2v) is 5.99. The van der Waals surface area contributed by atoms with Crippen LogP contribution in [0.4, 0.5) is 0 Å². The fourth-order valence-corrected chi connectivity index (χ4v) is 3.00. The van der Waals surface area contributed by atoms with Crippen molar-refractivity contribution in [3.8, 4) is 12.3 Å². The van der Waals surface area contributed by atoms with E-state index >= 15 is 0 Å². The van der Waals surface area contributed by atoms with Gasteiger partial charge in [0.05, 0.1) is 6.54 Å². The monoisotopic (exact) mass is 220 g/mol. The van der Waals surface area contributed by atoms with Crippen LogP contribution in [0.3, 0.4) is 0 Å². The molecule has 16 heavy (non-hydrogen) atoms. The summed E-state index contributed by atoms with van der Waals surface area (Å²) in [7, 11) is 0. The molecule has 0 amide bonds. The van der Waals surface area contributed by atoms with E-state index in [0.29, 0.717) is 17.5 Å². The average molecular weight is 220 g/mol. The van der Waals surface area contributed by atoms with Crippen LogP contribution in [-0.4, -0.2) is 36.1 Å². The van der Waals surface area contributed by atoms with E-state index in [1.807, 2.05) is 0 Å². The van der Waals surface area contributed by atoms with Gasteiger partial charge in [0.25, 0.3) is 0 Å². The van der Waals surface area contributed by atoms with E-state index in [4.69, 9.17) is 6.42 Å². The Morgan fingerprint density at radius 1 is 1.50 bits per heavy atom. The molecule has 1 saturated heterocycles. The Balaban J connectivity index is 2.05. The maximum atomic E-state index is 5.49. The van der Waals surface area contributed by atoms with Crippen molar-refractivity contribution >= 4 is 0 Å². The molecule has 2 nitrogen and oxygen atoms in total. The second kappa shape index (κ2) is 4.39. The predicted octanol–water partition coefficient (Wildman–Crippen LogP) is 1.72. The lowest BCUT2D eigenvalue weighted by atomic mass is 9.88. The molecular formula is C14H24N2. The summed E-state index contributed by atoms with van der Waals surface area (Å²) in [6.07, 6.45) is 8.27. The van der Waals surface area contributed by atoms with Crippen molar-refractivity contribution in [2.45, 2.75) is 45.2 Å². The van der Waals surface area contributed by atoms with Crippen LogP contribution in [0.25, 0.3) is 0 Å². The summed E-state index contributed by atoms with van der Waals surface area (Å²) < 4.78 is 0. The van der Waals surface area contributed by atoms with Gasteiger partial charge in [-0.3, -0.25) is 4.90 Å². The summed E-state index contributed by atoms with van der Waals surface area (Å²) in [4.78, 5) is 2.50. The first-order valence-electron chi connectivity index (χ1n) is 6.49. The van der Waals surface area contributed by atoms with E-state index < -0.39 is 0 Å². The summed E-state index contributed by atoms with van der Waals surface area (Å²) >= 11 is 0. The molecule has 0 radical (unpaired) electrons. The van der Waals surface area contributed by atoms with Gasteiger partial charge in [-0.25, -0.2) is 0 Å². The molecule has 1 N–H and O–H groups in total. The van der Waals surface area contributed by atoms with Crippen LogP contribution in [-0.2, 0) is 0 Å². The van der Waals surface area contributed by atoms with Gasteiger partial charge in [-0.05, 0) is 31.6 Å². The zero-order valence-electron chi connectivity index (χ0n) is 10.8. The van der Waals surface area contributed by atoms with Crippen molar-refractivity contribution in [2.75, 3.05) is 19.6 Å². The lowest BCUT2D eigenvalue weighted by Crippen LogP contribution is -2.65. The summed E-state index contributed by atoms with van der Waals surface area (Å²) in [6, 6.07) is 0.600. The van der Waals surface area contributed by atoms with E-state index in [1.165, 1.54) is 12.8 Å². The standard InChI is InChI=1S/C14H24N2/c1-5-8-16-10-14(4,12-6-7-12)15-9-13(16)11(2)3/h1,11-13,15H,6-10H2,2-4H3. The van der Waals surface area contributed by atoms with Gasteiger partial charge in [-0.2, -0.15) is 0 Å². The SMILES string of the molecule is C#CCN1CC(C)(C2CC2)NCC1C(C)C. The van der Waals surface area contributed by atoms with Gasteiger partial charge < -0.3 is 5.32 Å². The van der Waals surface area contributed by atoms with Crippen LogP contribution < -0.4 is 5.32 Å². The van der Waals surface area contributed by atoms with Gasteiger partial charge in [0, 0.05) is 24.7 Å². The predicted molar refractivity (Wildman–Crippen MR) is 68.2 cm³/mol. The average Bonchev–Trinajstić information content (AvgIpc) is 3.01.